The molecule has 1 atom stereocenters. The zero-order valence-corrected chi connectivity index (χ0v) is 12.6. The number of ether oxygens (including phenoxy) is 1. The third-order valence-corrected chi connectivity index (χ3v) is 4.26. The highest BCUT2D eigenvalue weighted by Crippen LogP contribution is 2.24. The van der Waals surface area contributed by atoms with Gasteiger partial charge >= 0.3 is 0 Å². The zero-order valence-electron chi connectivity index (χ0n) is 12.6. The maximum absolute atomic E-state index is 12.3. The van der Waals surface area contributed by atoms with E-state index in [1.54, 1.807) is 4.90 Å². The van der Waals surface area contributed by atoms with E-state index in [2.05, 4.69) is 10.5 Å². The number of rotatable bonds is 4. The van der Waals surface area contributed by atoms with E-state index in [1.165, 1.54) is 18.4 Å². The quantitative estimate of drug-likeness (QED) is 0.893. The Morgan fingerprint density at radius 1 is 1.43 bits per heavy atom. The van der Waals surface area contributed by atoms with Crippen LogP contribution < -0.4 is 5.32 Å². The van der Waals surface area contributed by atoms with Crippen LogP contribution in [0.1, 0.15) is 36.3 Å². The minimum Gasteiger partial charge on any atom is -0.378 e. The number of hydrogen-bond acceptors (Lipinski definition) is 5. The van der Waals surface area contributed by atoms with Gasteiger partial charge in [0.2, 0.25) is 5.91 Å². The predicted octanol–water partition coefficient (Wildman–Crippen LogP) is 0.890. The second-order valence-electron chi connectivity index (χ2n) is 5.92. The molecule has 1 amide bonds. The third-order valence-electron chi connectivity index (χ3n) is 4.26. The maximum Gasteiger partial charge on any atom is 0.224 e. The summed E-state index contributed by atoms with van der Waals surface area (Å²) in [5.74, 6) is 1.13. The Labute approximate surface area is 124 Å². The van der Waals surface area contributed by atoms with E-state index in [9.17, 15) is 4.79 Å². The van der Waals surface area contributed by atoms with Crippen molar-refractivity contribution in [2.45, 2.75) is 44.7 Å². The van der Waals surface area contributed by atoms with Crippen LogP contribution in [0.15, 0.2) is 4.52 Å². The number of morpholine rings is 1. The average Bonchev–Trinajstić information content (AvgIpc) is 2.91. The molecule has 1 aromatic rings. The standard InChI is InChI=1S/C15H23N3O3/c1-18(15(19)8-11-10-20-7-6-16-11)9-13-12-4-2-3-5-14(12)21-17-13/h11,16H,2-10H2,1H3/t11-/m0/s1. The Morgan fingerprint density at radius 3 is 3.10 bits per heavy atom. The maximum atomic E-state index is 12.3. The molecule has 1 aliphatic carbocycles. The van der Waals surface area contributed by atoms with Gasteiger partial charge in [-0.15, -0.1) is 0 Å². The molecule has 2 heterocycles. The van der Waals surface area contributed by atoms with Gasteiger partial charge in [0.25, 0.3) is 0 Å². The molecule has 1 fully saturated rings. The largest absolute Gasteiger partial charge is 0.378 e. The SMILES string of the molecule is CN(Cc1noc2c1CCCC2)C(=O)C[C@H]1COCCN1. The predicted molar refractivity (Wildman–Crippen MR) is 76.8 cm³/mol. The third kappa shape index (κ3) is 3.44. The molecular weight excluding hydrogens is 270 g/mol. The van der Waals surface area contributed by atoms with E-state index in [1.807, 2.05) is 7.05 Å². The van der Waals surface area contributed by atoms with Crippen molar-refractivity contribution in [3.63, 3.8) is 0 Å². The number of fused-ring (bicyclic) bond motifs is 1. The van der Waals surface area contributed by atoms with Gasteiger partial charge in [-0.3, -0.25) is 4.79 Å². The van der Waals surface area contributed by atoms with Crippen LogP contribution in [-0.2, 0) is 28.9 Å². The fourth-order valence-corrected chi connectivity index (χ4v) is 3.00. The first-order chi connectivity index (χ1) is 10.2. The molecule has 2 aliphatic rings. The summed E-state index contributed by atoms with van der Waals surface area (Å²) in [6, 6.07) is 0.125. The first kappa shape index (κ1) is 14.5. The highest BCUT2D eigenvalue weighted by atomic mass is 16.5. The lowest BCUT2D eigenvalue weighted by Gasteiger charge is -2.25. The number of hydrogen-bond donors (Lipinski definition) is 1. The van der Waals surface area contributed by atoms with Crippen molar-refractivity contribution in [3.8, 4) is 0 Å². The van der Waals surface area contributed by atoms with Gasteiger partial charge in [0, 0.05) is 38.0 Å². The van der Waals surface area contributed by atoms with Gasteiger partial charge in [0.1, 0.15) is 11.5 Å². The Hall–Kier alpha value is -1.40. The summed E-state index contributed by atoms with van der Waals surface area (Å²) in [6.45, 7) is 2.69. The lowest BCUT2D eigenvalue weighted by atomic mass is 9.96. The van der Waals surface area contributed by atoms with Crippen LogP contribution in [0, 0.1) is 0 Å². The molecule has 1 N–H and O–H groups in total. The van der Waals surface area contributed by atoms with Crippen molar-refractivity contribution in [1.29, 1.82) is 0 Å². The van der Waals surface area contributed by atoms with Crippen LogP contribution in [0.2, 0.25) is 0 Å². The van der Waals surface area contributed by atoms with Gasteiger partial charge in [-0.05, 0) is 19.3 Å². The molecule has 0 spiro atoms. The summed E-state index contributed by atoms with van der Waals surface area (Å²) in [5, 5.41) is 7.46. The minimum absolute atomic E-state index is 0.116. The van der Waals surface area contributed by atoms with Gasteiger partial charge in [0.15, 0.2) is 0 Å². The van der Waals surface area contributed by atoms with E-state index >= 15 is 0 Å². The van der Waals surface area contributed by atoms with Crippen molar-refractivity contribution in [1.82, 2.24) is 15.4 Å². The fraction of sp³-hybridized carbons (Fsp3) is 0.733. The van der Waals surface area contributed by atoms with Crippen LogP contribution in [0.4, 0.5) is 0 Å². The van der Waals surface area contributed by atoms with Gasteiger partial charge in [-0.1, -0.05) is 5.16 Å². The molecule has 0 bridgehead atoms. The second kappa shape index (κ2) is 6.58. The van der Waals surface area contributed by atoms with Crippen LogP contribution in [-0.4, -0.2) is 48.8 Å². The number of aryl methyl sites for hydroxylation is 1. The zero-order chi connectivity index (χ0) is 14.7. The minimum atomic E-state index is 0.116. The highest BCUT2D eigenvalue weighted by Gasteiger charge is 2.23. The molecular formula is C15H23N3O3. The molecule has 0 radical (unpaired) electrons. The van der Waals surface area contributed by atoms with E-state index < -0.39 is 0 Å². The summed E-state index contributed by atoms with van der Waals surface area (Å²) >= 11 is 0. The van der Waals surface area contributed by atoms with E-state index in [-0.39, 0.29) is 11.9 Å². The van der Waals surface area contributed by atoms with Crippen LogP contribution in [0.5, 0.6) is 0 Å². The molecule has 1 saturated heterocycles. The molecule has 0 aromatic carbocycles. The van der Waals surface area contributed by atoms with Crippen LogP contribution in [0.25, 0.3) is 0 Å². The second-order valence-corrected chi connectivity index (χ2v) is 5.92. The summed E-state index contributed by atoms with van der Waals surface area (Å²) in [4.78, 5) is 14.0. The molecule has 21 heavy (non-hydrogen) atoms. The van der Waals surface area contributed by atoms with Gasteiger partial charge < -0.3 is 19.5 Å². The summed E-state index contributed by atoms with van der Waals surface area (Å²) in [7, 11) is 1.83. The highest BCUT2D eigenvalue weighted by molar-refractivity contribution is 5.76. The molecule has 0 unspecified atom stereocenters. The first-order valence-corrected chi connectivity index (χ1v) is 7.75. The normalized spacial score (nSPS) is 21.9. The number of amides is 1. The fourth-order valence-electron chi connectivity index (χ4n) is 3.00. The Kier molecular flexibility index (Phi) is 4.55. The molecule has 6 nitrogen and oxygen atoms in total. The van der Waals surface area contributed by atoms with Gasteiger partial charge in [-0.25, -0.2) is 0 Å². The Bertz CT molecular complexity index is 494. The lowest BCUT2D eigenvalue weighted by molar-refractivity contribution is -0.131. The Morgan fingerprint density at radius 2 is 2.29 bits per heavy atom. The van der Waals surface area contributed by atoms with Crippen molar-refractivity contribution >= 4 is 5.91 Å². The van der Waals surface area contributed by atoms with Crippen molar-refractivity contribution < 1.29 is 14.1 Å². The number of carbonyl (C=O) groups is 1. The van der Waals surface area contributed by atoms with Crippen molar-refractivity contribution in [2.75, 3.05) is 26.8 Å². The van der Waals surface area contributed by atoms with Crippen molar-refractivity contribution in [2.24, 2.45) is 0 Å². The van der Waals surface area contributed by atoms with E-state index in [0.29, 0.717) is 19.6 Å². The molecule has 0 saturated carbocycles. The number of aromatic nitrogens is 1. The smallest absolute Gasteiger partial charge is 0.224 e. The number of carbonyl (C=O) groups excluding carboxylic acids is 1. The topological polar surface area (TPSA) is 67.6 Å². The average molecular weight is 293 g/mol. The van der Waals surface area contributed by atoms with E-state index in [4.69, 9.17) is 9.26 Å². The Balaban J connectivity index is 1.56. The number of nitrogens with zero attached hydrogens (tertiary/aromatic N) is 2. The monoisotopic (exact) mass is 293 g/mol. The molecule has 6 heteroatoms. The van der Waals surface area contributed by atoms with Gasteiger partial charge in [0.05, 0.1) is 19.8 Å². The van der Waals surface area contributed by atoms with Gasteiger partial charge in [-0.2, -0.15) is 0 Å². The number of nitrogens with one attached hydrogen (secondary N) is 1. The van der Waals surface area contributed by atoms with Crippen molar-refractivity contribution in [3.05, 3.63) is 17.0 Å². The summed E-state index contributed by atoms with van der Waals surface area (Å²) in [6.07, 6.45) is 4.82. The summed E-state index contributed by atoms with van der Waals surface area (Å²) in [5.41, 5.74) is 2.15. The van der Waals surface area contributed by atoms with Crippen LogP contribution in [0.3, 0.4) is 0 Å². The lowest BCUT2D eigenvalue weighted by Crippen LogP contribution is -2.44. The molecule has 1 aliphatic heterocycles. The van der Waals surface area contributed by atoms with Crippen LogP contribution >= 0.6 is 0 Å². The molecule has 116 valence electrons. The van der Waals surface area contributed by atoms with E-state index in [0.717, 1.165) is 37.4 Å². The molecule has 1 aromatic heterocycles. The molecule has 3 rings (SSSR count). The summed E-state index contributed by atoms with van der Waals surface area (Å²) < 4.78 is 10.8. The first-order valence-electron chi connectivity index (χ1n) is 7.75.